The molecule has 150 valence electrons. The Morgan fingerprint density at radius 1 is 1.07 bits per heavy atom. The van der Waals surface area contributed by atoms with Crippen molar-refractivity contribution in [3.05, 3.63) is 29.8 Å². The number of nitrogens with zero attached hydrogens (tertiary/aromatic N) is 2. The molecule has 0 atom stereocenters. The van der Waals surface area contributed by atoms with E-state index in [-0.39, 0.29) is 17.3 Å². The fourth-order valence-electron chi connectivity index (χ4n) is 3.77. The van der Waals surface area contributed by atoms with Gasteiger partial charge in [-0.15, -0.1) is 0 Å². The molecule has 1 aromatic carbocycles. The van der Waals surface area contributed by atoms with Crippen LogP contribution in [0.5, 0.6) is 0 Å². The molecule has 1 heterocycles. The van der Waals surface area contributed by atoms with Crippen LogP contribution < -0.4 is 0 Å². The van der Waals surface area contributed by atoms with Gasteiger partial charge in [0.25, 0.3) is 0 Å². The van der Waals surface area contributed by atoms with E-state index in [4.69, 9.17) is 5.11 Å². The van der Waals surface area contributed by atoms with Gasteiger partial charge in [-0.25, -0.2) is 8.42 Å². The summed E-state index contributed by atoms with van der Waals surface area (Å²) in [6.07, 6.45) is 2.13. The third kappa shape index (κ3) is 4.70. The molecule has 0 bridgehead atoms. The highest BCUT2D eigenvalue weighted by atomic mass is 32.2. The molecular weight excluding hydrogens is 364 g/mol. The number of hydrogen-bond acceptors (Lipinski definition) is 4. The van der Waals surface area contributed by atoms with Crippen LogP contribution >= 0.6 is 0 Å². The quantitative estimate of drug-likeness (QED) is 0.802. The second-order valence-corrected chi connectivity index (χ2v) is 11.0. The Labute approximate surface area is 162 Å². The number of rotatable bonds is 6. The van der Waals surface area contributed by atoms with Gasteiger partial charge in [0.05, 0.1) is 11.3 Å². The van der Waals surface area contributed by atoms with E-state index >= 15 is 0 Å². The van der Waals surface area contributed by atoms with Crippen LogP contribution in [0.25, 0.3) is 0 Å². The Bertz CT molecular complexity index is 784. The van der Waals surface area contributed by atoms with Crippen molar-refractivity contribution < 1.29 is 18.3 Å². The molecule has 0 aromatic heterocycles. The van der Waals surface area contributed by atoms with Gasteiger partial charge in [0.15, 0.2) is 0 Å². The average molecular weight is 395 g/mol. The van der Waals surface area contributed by atoms with Crippen LogP contribution in [0, 0.1) is 5.41 Å². The van der Waals surface area contributed by atoms with Crippen molar-refractivity contribution in [1.29, 1.82) is 0 Å². The number of carbonyl (C=O) groups is 1. The van der Waals surface area contributed by atoms with E-state index in [1.807, 2.05) is 12.1 Å². The number of carboxylic acids is 1. The lowest BCUT2D eigenvalue weighted by Crippen LogP contribution is -2.50. The van der Waals surface area contributed by atoms with Crippen molar-refractivity contribution in [1.82, 2.24) is 9.21 Å². The zero-order chi connectivity index (χ0) is 19.9. The topological polar surface area (TPSA) is 77.9 Å². The monoisotopic (exact) mass is 394 g/mol. The first-order chi connectivity index (χ1) is 12.5. The van der Waals surface area contributed by atoms with Crippen LogP contribution in [0.3, 0.4) is 0 Å². The second kappa shape index (κ2) is 7.18. The minimum absolute atomic E-state index is 0.0113. The first kappa shape index (κ1) is 20.3. The van der Waals surface area contributed by atoms with Gasteiger partial charge in [0.1, 0.15) is 0 Å². The van der Waals surface area contributed by atoms with Crippen molar-refractivity contribution in [2.75, 3.05) is 32.7 Å². The van der Waals surface area contributed by atoms with Crippen molar-refractivity contribution in [2.24, 2.45) is 5.41 Å². The molecule has 0 spiro atoms. The molecule has 6 nitrogen and oxygen atoms in total. The lowest BCUT2D eigenvalue weighted by Gasteiger charge is -2.35. The molecule has 27 heavy (non-hydrogen) atoms. The zero-order valence-electron chi connectivity index (χ0n) is 16.4. The zero-order valence-corrected chi connectivity index (χ0v) is 17.3. The molecule has 1 saturated heterocycles. The molecule has 3 rings (SSSR count). The van der Waals surface area contributed by atoms with Gasteiger partial charge in [0.2, 0.25) is 10.0 Å². The largest absolute Gasteiger partial charge is 0.481 e. The Morgan fingerprint density at radius 2 is 1.63 bits per heavy atom. The minimum Gasteiger partial charge on any atom is -0.481 e. The summed E-state index contributed by atoms with van der Waals surface area (Å²) in [7, 11) is -3.48. The summed E-state index contributed by atoms with van der Waals surface area (Å²) >= 11 is 0. The minimum atomic E-state index is -3.48. The molecule has 0 unspecified atom stereocenters. The van der Waals surface area contributed by atoms with Gasteiger partial charge in [-0.2, -0.15) is 4.31 Å². The lowest BCUT2D eigenvalue weighted by molar-refractivity contribution is -0.138. The fourth-order valence-corrected chi connectivity index (χ4v) is 5.19. The van der Waals surface area contributed by atoms with Crippen molar-refractivity contribution in [3.63, 3.8) is 0 Å². The molecule has 1 aliphatic carbocycles. The third-order valence-electron chi connectivity index (χ3n) is 5.73. The Kier molecular flexibility index (Phi) is 5.40. The molecule has 0 radical (unpaired) electrons. The van der Waals surface area contributed by atoms with E-state index < -0.39 is 16.0 Å². The Balaban J connectivity index is 1.61. The number of benzene rings is 1. The SMILES string of the molecule is CC(C)(C)c1ccc(S(=O)(=O)N2CCN(CC3(CC(=O)O)CC3)CC2)cc1. The van der Waals surface area contributed by atoms with Gasteiger partial charge in [-0.3, -0.25) is 4.79 Å². The number of sulfonamides is 1. The van der Waals surface area contributed by atoms with Gasteiger partial charge in [0, 0.05) is 32.7 Å². The van der Waals surface area contributed by atoms with Crippen molar-refractivity contribution in [2.45, 2.75) is 50.3 Å². The highest BCUT2D eigenvalue weighted by molar-refractivity contribution is 7.89. The normalized spacial score (nSPS) is 21.1. The summed E-state index contributed by atoms with van der Waals surface area (Å²) in [6, 6.07) is 7.19. The van der Waals surface area contributed by atoms with E-state index in [1.165, 1.54) is 0 Å². The maximum Gasteiger partial charge on any atom is 0.303 e. The highest BCUT2D eigenvalue weighted by Gasteiger charge is 2.46. The number of piperazine rings is 1. The fraction of sp³-hybridized carbons (Fsp3) is 0.650. The van der Waals surface area contributed by atoms with Gasteiger partial charge >= 0.3 is 5.97 Å². The number of carboxylic acid groups (broad SMARTS) is 1. The summed E-state index contributed by atoms with van der Waals surface area (Å²) in [5, 5.41) is 9.06. The average Bonchev–Trinajstić information content (AvgIpc) is 3.32. The van der Waals surface area contributed by atoms with E-state index in [9.17, 15) is 13.2 Å². The standard InChI is InChI=1S/C20H30N2O4S/c1-19(2,3)16-4-6-17(7-5-16)27(25,26)22-12-10-21(11-13-22)15-20(8-9-20)14-18(23)24/h4-7H,8-15H2,1-3H3,(H,23,24). The molecular formula is C20H30N2O4S. The van der Waals surface area contributed by atoms with Crippen molar-refractivity contribution in [3.8, 4) is 0 Å². The molecule has 0 amide bonds. The first-order valence-electron chi connectivity index (χ1n) is 9.57. The smallest absolute Gasteiger partial charge is 0.303 e. The highest BCUT2D eigenvalue weighted by Crippen LogP contribution is 2.49. The van der Waals surface area contributed by atoms with Gasteiger partial charge < -0.3 is 10.0 Å². The van der Waals surface area contributed by atoms with E-state index in [2.05, 4.69) is 25.7 Å². The lowest BCUT2D eigenvalue weighted by atomic mass is 9.87. The molecule has 1 aliphatic heterocycles. The summed E-state index contributed by atoms with van der Waals surface area (Å²) in [4.78, 5) is 13.6. The first-order valence-corrected chi connectivity index (χ1v) is 11.0. The second-order valence-electron chi connectivity index (χ2n) is 9.03. The van der Waals surface area contributed by atoms with Crippen LogP contribution in [0.2, 0.25) is 0 Å². The van der Waals surface area contributed by atoms with Crippen LogP contribution in [-0.2, 0) is 20.2 Å². The molecule has 2 fully saturated rings. The predicted molar refractivity (Wildman–Crippen MR) is 104 cm³/mol. The predicted octanol–water partition coefficient (Wildman–Crippen LogP) is 2.55. The summed E-state index contributed by atoms with van der Waals surface area (Å²) in [5.74, 6) is -0.743. The maximum absolute atomic E-state index is 12.9. The molecule has 2 aliphatic rings. The van der Waals surface area contributed by atoms with Crippen LogP contribution in [0.1, 0.15) is 45.6 Å². The van der Waals surface area contributed by atoms with E-state index in [0.717, 1.165) is 24.9 Å². The Morgan fingerprint density at radius 3 is 2.07 bits per heavy atom. The third-order valence-corrected chi connectivity index (χ3v) is 7.64. The van der Waals surface area contributed by atoms with Crippen LogP contribution in [0.15, 0.2) is 29.2 Å². The number of hydrogen-bond donors (Lipinski definition) is 1. The molecule has 7 heteroatoms. The molecule has 1 aromatic rings. The molecule has 1 N–H and O–H groups in total. The van der Waals surface area contributed by atoms with Gasteiger partial charge in [-0.1, -0.05) is 32.9 Å². The summed E-state index contributed by atoms with van der Waals surface area (Å²) < 4.78 is 27.4. The van der Waals surface area contributed by atoms with Gasteiger partial charge in [-0.05, 0) is 41.4 Å². The van der Waals surface area contributed by atoms with E-state index in [1.54, 1.807) is 16.4 Å². The van der Waals surface area contributed by atoms with Crippen LogP contribution in [0.4, 0.5) is 0 Å². The summed E-state index contributed by atoms with van der Waals surface area (Å²) in [5.41, 5.74) is 1.01. The van der Waals surface area contributed by atoms with Crippen LogP contribution in [-0.4, -0.2) is 61.4 Å². The maximum atomic E-state index is 12.9. The summed E-state index contributed by atoms with van der Waals surface area (Å²) in [6.45, 7) is 9.28. The molecule has 1 saturated carbocycles. The van der Waals surface area contributed by atoms with E-state index in [0.29, 0.717) is 31.1 Å². The van der Waals surface area contributed by atoms with Crippen molar-refractivity contribution >= 4 is 16.0 Å². The number of aliphatic carboxylic acids is 1. The Hall–Kier alpha value is -1.44.